The lowest BCUT2D eigenvalue weighted by Crippen LogP contribution is -2.49. The van der Waals surface area contributed by atoms with Crippen LogP contribution in [0.3, 0.4) is 0 Å². The first kappa shape index (κ1) is 15.6. The first-order chi connectivity index (χ1) is 10.4. The van der Waals surface area contributed by atoms with E-state index in [-0.39, 0.29) is 11.6 Å². The van der Waals surface area contributed by atoms with E-state index in [1.807, 2.05) is 0 Å². The van der Waals surface area contributed by atoms with Crippen LogP contribution in [0.2, 0.25) is 0 Å². The molecule has 0 aromatic heterocycles. The van der Waals surface area contributed by atoms with Gasteiger partial charge in [0.25, 0.3) is 11.6 Å². The van der Waals surface area contributed by atoms with Crippen LogP contribution in [0.25, 0.3) is 0 Å². The van der Waals surface area contributed by atoms with Crippen LogP contribution in [0, 0.1) is 10.1 Å². The molecule has 1 heterocycles. The fourth-order valence-electron chi connectivity index (χ4n) is 2.12. The lowest BCUT2D eigenvalue weighted by Gasteiger charge is -2.25. The zero-order valence-corrected chi connectivity index (χ0v) is 11.9. The number of benzene rings is 1. The molecule has 8 nitrogen and oxygen atoms in total. The predicted octanol–water partition coefficient (Wildman–Crippen LogP) is 0.648. The van der Waals surface area contributed by atoms with Gasteiger partial charge < -0.3 is 16.0 Å². The smallest absolute Gasteiger partial charge is 0.269 e. The zero-order valence-electron chi connectivity index (χ0n) is 11.9. The summed E-state index contributed by atoms with van der Waals surface area (Å²) in [6.07, 6.45) is 3.35. The molecule has 1 aromatic carbocycles. The highest BCUT2D eigenvalue weighted by Crippen LogP contribution is 2.18. The molecule has 22 heavy (non-hydrogen) atoms. The SMILES string of the molecule is C[C@H](N)C(=O)N1CC=C[C@H]1C(=O)Nc1ccc([N+](=O)[O-])cc1. The number of hydrogen-bond acceptors (Lipinski definition) is 5. The van der Waals surface area contributed by atoms with Gasteiger partial charge >= 0.3 is 0 Å². The molecule has 2 amide bonds. The number of non-ortho nitro benzene ring substituents is 1. The van der Waals surface area contributed by atoms with Gasteiger partial charge in [-0.05, 0) is 19.1 Å². The summed E-state index contributed by atoms with van der Waals surface area (Å²) in [4.78, 5) is 35.6. The Morgan fingerprint density at radius 1 is 1.41 bits per heavy atom. The monoisotopic (exact) mass is 304 g/mol. The van der Waals surface area contributed by atoms with Gasteiger partial charge in [-0.1, -0.05) is 12.2 Å². The van der Waals surface area contributed by atoms with E-state index in [0.29, 0.717) is 12.2 Å². The molecule has 0 radical (unpaired) electrons. The quantitative estimate of drug-likeness (QED) is 0.481. The van der Waals surface area contributed by atoms with Crippen molar-refractivity contribution in [3.05, 3.63) is 46.5 Å². The van der Waals surface area contributed by atoms with Gasteiger partial charge in [-0.3, -0.25) is 19.7 Å². The average molecular weight is 304 g/mol. The third-order valence-corrected chi connectivity index (χ3v) is 3.24. The predicted molar refractivity (Wildman–Crippen MR) is 80.0 cm³/mol. The Bertz CT molecular complexity index is 624. The first-order valence-electron chi connectivity index (χ1n) is 6.68. The molecule has 0 bridgehead atoms. The first-order valence-corrected chi connectivity index (χ1v) is 6.68. The summed E-state index contributed by atoms with van der Waals surface area (Å²) in [5, 5.41) is 13.2. The molecular weight excluding hydrogens is 288 g/mol. The average Bonchev–Trinajstić information content (AvgIpc) is 2.96. The van der Waals surface area contributed by atoms with Crippen LogP contribution < -0.4 is 11.1 Å². The van der Waals surface area contributed by atoms with Crippen LogP contribution in [-0.2, 0) is 9.59 Å². The van der Waals surface area contributed by atoms with Crippen LogP contribution in [-0.4, -0.2) is 40.3 Å². The van der Waals surface area contributed by atoms with Crippen molar-refractivity contribution in [1.29, 1.82) is 0 Å². The standard InChI is InChI=1S/C14H16N4O4/c1-9(15)14(20)17-8-2-3-12(17)13(19)16-10-4-6-11(7-5-10)18(21)22/h2-7,9,12H,8,15H2,1H3,(H,16,19)/t9-,12-/m0/s1. The van der Waals surface area contributed by atoms with Gasteiger partial charge in [0.05, 0.1) is 11.0 Å². The molecule has 0 unspecified atom stereocenters. The van der Waals surface area contributed by atoms with Crippen molar-refractivity contribution >= 4 is 23.2 Å². The molecule has 0 saturated heterocycles. The number of nitrogens with zero attached hydrogens (tertiary/aromatic N) is 2. The van der Waals surface area contributed by atoms with Crippen molar-refractivity contribution in [2.24, 2.45) is 5.73 Å². The van der Waals surface area contributed by atoms with Crippen LogP contribution in [0.4, 0.5) is 11.4 Å². The molecule has 0 fully saturated rings. The van der Waals surface area contributed by atoms with E-state index in [1.54, 1.807) is 19.1 Å². The van der Waals surface area contributed by atoms with Gasteiger partial charge in [-0.2, -0.15) is 0 Å². The zero-order chi connectivity index (χ0) is 16.3. The lowest BCUT2D eigenvalue weighted by molar-refractivity contribution is -0.384. The molecule has 3 N–H and O–H groups in total. The van der Waals surface area contributed by atoms with Gasteiger partial charge in [-0.25, -0.2) is 0 Å². The van der Waals surface area contributed by atoms with Gasteiger partial charge in [0, 0.05) is 24.4 Å². The van der Waals surface area contributed by atoms with Crippen LogP contribution in [0.1, 0.15) is 6.92 Å². The minimum atomic E-state index is -0.728. The number of rotatable bonds is 4. The van der Waals surface area contributed by atoms with Gasteiger partial charge in [0.15, 0.2) is 0 Å². The number of carbonyl (C=O) groups excluding carboxylic acids is 2. The maximum absolute atomic E-state index is 12.2. The highest BCUT2D eigenvalue weighted by Gasteiger charge is 2.31. The fourth-order valence-corrected chi connectivity index (χ4v) is 2.12. The summed E-state index contributed by atoms with van der Waals surface area (Å²) in [6.45, 7) is 1.89. The number of nitrogens with two attached hydrogens (primary N) is 1. The Labute approximate surface area is 126 Å². The number of anilines is 1. The van der Waals surface area contributed by atoms with E-state index in [9.17, 15) is 19.7 Å². The van der Waals surface area contributed by atoms with Crippen molar-refractivity contribution in [3.8, 4) is 0 Å². The Balaban J connectivity index is 2.06. The molecule has 1 aliphatic heterocycles. The maximum Gasteiger partial charge on any atom is 0.269 e. The normalized spacial score (nSPS) is 18.1. The summed E-state index contributed by atoms with van der Waals surface area (Å²) in [5.74, 6) is -0.703. The molecule has 2 atom stereocenters. The van der Waals surface area contributed by atoms with E-state index < -0.39 is 22.9 Å². The maximum atomic E-state index is 12.2. The summed E-state index contributed by atoms with van der Waals surface area (Å²) >= 11 is 0. The molecule has 2 rings (SSSR count). The van der Waals surface area contributed by atoms with E-state index in [4.69, 9.17) is 5.73 Å². The molecule has 8 heteroatoms. The Morgan fingerprint density at radius 2 is 2.05 bits per heavy atom. The third-order valence-electron chi connectivity index (χ3n) is 3.24. The molecule has 1 aliphatic rings. The number of hydrogen-bond donors (Lipinski definition) is 2. The highest BCUT2D eigenvalue weighted by molar-refractivity contribution is 5.99. The highest BCUT2D eigenvalue weighted by atomic mass is 16.6. The Hall–Kier alpha value is -2.74. The van der Waals surface area contributed by atoms with E-state index in [0.717, 1.165) is 0 Å². The van der Waals surface area contributed by atoms with Crippen molar-refractivity contribution in [2.75, 3.05) is 11.9 Å². The largest absolute Gasteiger partial charge is 0.324 e. The number of amides is 2. The Morgan fingerprint density at radius 3 is 2.59 bits per heavy atom. The number of nitro benzene ring substituents is 1. The minimum absolute atomic E-state index is 0.0625. The van der Waals surface area contributed by atoms with Gasteiger partial charge in [-0.15, -0.1) is 0 Å². The summed E-state index contributed by atoms with van der Waals surface area (Å²) in [5.41, 5.74) is 5.92. The van der Waals surface area contributed by atoms with Gasteiger partial charge in [0.2, 0.25) is 5.91 Å². The minimum Gasteiger partial charge on any atom is -0.324 e. The summed E-state index contributed by atoms with van der Waals surface area (Å²) < 4.78 is 0. The van der Waals surface area contributed by atoms with E-state index >= 15 is 0 Å². The second-order valence-corrected chi connectivity index (χ2v) is 4.95. The molecule has 1 aromatic rings. The molecule has 0 saturated carbocycles. The van der Waals surface area contributed by atoms with Crippen molar-refractivity contribution in [2.45, 2.75) is 19.0 Å². The van der Waals surface area contributed by atoms with E-state index in [2.05, 4.69) is 5.32 Å². The van der Waals surface area contributed by atoms with Crippen LogP contribution in [0.15, 0.2) is 36.4 Å². The molecule has 0 aliphatic carbocycles. The topological polar surface area (TPSA) is 119 Å². The van der Waals surface area contributed by atoms with Crippen LogP contribution in [0.5, 0.6) is 0 Å². The van der Waals surface area contributed by atoms with Gasteiger partial charge in [0.1, 0.15) is 6.04 Å². The number of nitro groups is 1. The van der Waals surface area contributed by atoms with Crippen molar-refractivity contribution in [1.82, 2.24) is 4.90 Å². The second-order valence-electron chi connectivity index (χ2n) is 4.95. The van der Waals surface area contributed by atoms with Crippen molar-refractivity contribution in [3.63, 3.8) is 0 Å². The van der Waals surface area contributed by atoms with Crippen LogP contribution >= 0.6 is 0 Å². The van der Waals surface area contributed by atoms with Crippen molar-refractivity contribution < 1.29 is 14.5 Å². The number of nitrogens with one attached hydrogen (secondary N) is 1. The number of carbonyl (C=O) groups is 2. The summed E-state index contributed by atoms with van der Waals surface area (Å²) in [7, 11) is 0. The second kappa shape index (κ2) is 6.35. The third kappa shape index (κ3) is 3.29. The Kier molecular flexibility index (Phi) is 4.52. The lowest BCUT2D eigenvalue weighted by atomic mass is 10.2. The molecule has 116 valence electrons. The fraction of sp³-hybridized carbons (Fsp3) is 0.286. The van der Waals surface area contributed by atoms with E-state index in [1.165, 1.54) is 29.2 Å². The molecular formula is C14H16N4O4. The summed E-state index contributed by atoms with van der Waals surface area (Å²) in [6, 6.07) is 4.05. The molecule has 0 spiro atoms.